The molecule has 0 aliphatic heterocycles. The van der Waals surface area contributed by atoms with Gasteiger partial charge in [-0.15, -0.1) is 0 Å². The molecule has 1 aliphatic rings. The molecule has 1 heterocycles. The highest BCUT2D eigenvalue weighted by atomic mass is 14.8. The molecule has 1 aromatic rings. The second kappa shape index (κ2) is 2.37. The molecule has 1 aliphatic carbocycles. The third-order valence-corrected chi connectivity index (χ3v) is 1.63. The van der Waals surface area contributed by atoms with Crippen LogP contribution in [0.4, 0.5) is 0 Å². The molecular formula is C8H9N2. The Morgan fingerprint density at radius 1 is 1.50 bits per heavy atom. The lowest BCUT2D eigenvalue weighted by Crippen LogP contribution is -1.87. The van der Waals surface area contributed by atoms with Gasteiger partial charge in [-0.3, -0.25) is 0 Å². The van der Waals surface area contributed by atoms with Gasteiger partial charge in [0.25, 0.3) is 0 Å². The Hall–Kier alpha value is -0.920. The van der Waals surface area contributed by atoms with Crippen molar-refractivity contribution < 1.29 is 0 Å². The summed E-state index contributed by atoms with van der Waals surface area (Å²) in [4.78, 5) is 7.93. The molecule has 51 valence electrons. The van der Waals surface area contributed by atoms with Gasteiger partial charge >= 0.3 is 0 Å². The summed E-state index contributed by atoms with van der Waals surface area (Å²) in [5.74, 6) is 0.801. The maximum Gasteiger partial charge on any atom is 0.115 e. The van der Waals surface area contributed by atoms with E-state index in [2.05, 4.69) is 16.4 Å². The van der Waals surface area contributed by atoms with Crippen molar-refractivity contribution in [1.82, 2.24) is 9.97 Å². The van der Waals surface area contributed by atoms with E-state index in [1.54, 1.807) is 12.5 Å². The molecule has 0 N–H and O–H groups in total. The highest BCUT2D eigenvalue weighted by Crippen LogP contribution is 2.33. The minimum atomic E-state index is 0.801. The Morgan fingerprint density at radius 3 is 3.00 bits per heavy atom. The van der Waals surface area contributed by atoms with E-state index in [0.717, 1.165) is 11.6 Å². The van der Waals surface area contributed by atoms with Gasteiger partial charge in [-0.1, -0.05) is 0 Å². The van der Waals surface area contributed by atoms with E-state index >= 15 is 0 Å². The van der Waals surface area contributed by atoms with Crippen molar-refractivity contribution in [1.29, 1.82) is 0 Å². The van der Waals surface area contributed by atoms with Gasteiger partial charge < -0.3 is 0 Å². The lowest BCUT2D eigenvalue weighted by Gasteiger charge is -1.93. The van der Waals surface area contributed by atoms with Crippen LogP contribution in [0.25, 0.3) is 0 Å². The number of hydrogen-bond acceptors (Lipinski definition) is 2. The first-order valence-corrected chi connectivity index (χ1v) is 3.56. The van der Waals surface area contributed by atoms with Crippen LogP contribution < -0.4 is 0 Å². The molecule has 1 radical (unpaired) electrons. The highest BCUT2D eigenvalue weighted by Gasteiger charge is 2.21. The van der Waals surface area contributed by atoms with E-state index in [0.29, 0.717) is 0 Å². The van der Waals surface area contributed by atoms with Gasteiger partial charge in [0.15, 0.2) is 0 Å². The Kier molecular flexibility index (Phi) is 1.38. The third-order valence-electron chi connectivity index (χ3n) is 1.63. The van der Waals surface area contributed by atoms with Crippen LogP contribution in [0.1, 0.15) is 18.5 Å². The van der Waals surface area contributed by atoms with Crippen molar-refractivity contribution in [3.63, 3.8) is 0 Å². The highest BCUT2D eigenvalue weighted by molar-refractivity contribution is 5.13. The fourth-order valence-corrected chi connectivity index (χ4v) is 0.904. The second-order valence-electron chi connectivity index (χ2n) is 2.64. The first-order valence-electron chi connectivity index (χ1n) is 3.56. The Morgan fingerprint density at radius 2 is 2.40 bits per heavy atom. The summed E-state index contributed by atoms with van der Waals surface area (Å²) in [5, 5.41) is 0. The third kappa shape index (κ3) is 1.32. The zero-order valence-corrected chi connectivity index (χ0v) is 5.70. The Labute approximate surface area is 60.3 Å². The molecule has 0 amide bonds. The van der Waals surface area contributed by atoms with E-state index in [4.69, 9.17) is 0 Å². The van der Waals surface area contributed by atoms with Gasteiger partial charge in [0, 0.05) is 18.3 Å². The van der Waals surface area contributed by atoms with E-state index in [-0.39, 0.29) is 0 Å². The molecule has 2 heteroatoms. The molecule has 0 saturated heterocycles. The number of aromatic nitrogens is 2. The summed E-state index contributed by atoms with van der Waals surface area (Å²) in [6.45, 7) is 0. The zero-order chi connectivity index (χ0) is 6.81. The molecule has 0 bridgehead atoms. The first kappa shape index (κ1) is 5.83. The predicted octanol–water partition coefficient (Wildman–Crippen LogP) is 1.44. The maximum atomic E-state index is 4.09. The molecule has 1 saturated carbocycles. The van der Waals surface area contributed by atoms with Gasteiger partial charge in [-0.25, -0.2) is 9.97 Å². The monoisotopic (exact) mass is 133 g/mol. The Balaban J connectivity index is 2.03. The van der Waals surface area contributed by atoms with Crippen LogP contribution in [0.5, 0.6) is 0 Å². The molecule has 0 atom stereocenters. The minimum Gasteiger partial charge on any atom is -0.245 e. The van der Waals surface area contributed by atoms with E-state index in [1.807, 2.05) is 6.07 Å². The molecule has 0 spiro atoms. The van der Waals surface area contributed by atoms with Crippen molar-refractivity contribution >= 4 is 0 Å². The van der Waals surface area contributed by atoms with Crippen LogP contribution in [-0.4, -0.2) is 9.97 Å². The van der Waals surface area contributed by atoms with Gasteiger partial charge in [-0.05, 0) is 24.8 Å². The summed E-state index contributed by atoms with van der Waals surface area (Å²) >= 11 is 0. The van der Waals surface area contributed by atoms with E-state index < -0.39 is 0 Å². The average molecular weight is 133 g/mol. The van der Waals surface area contributed by atoms with Crippen molar-refractivity contribution in [2.45, 2.75) is 12.8 Å². The van der Waals surface area contributed by atoms with Crippen molar-refractivity contribution in [3.05, 3.63) is 30.7 Å². The van der Waals surface area contributed by atoms with Crippen molar-refractivity contribution in [2.24, 2.45) is 5.92 Å². The first-order chi connectivity index (χ1) is 4.95. The van der Waals surface area contributed by atoms with Crippen LogP contribution >= 0.6 is 0 Å². The second-order valence-corrected chi connectivity index (χ2v) is 2.64. The summed E-state index contributed by atoms with van der Waals surface area (Å²) in [6, 6.07) is 1.94. The van der Waals surface area contributed by atoms with Crippen LogP contribution in [0.15, 0.2) is 18.6 Å². The summed E-state index contributed by atoms with van der Waals surface area (Å²) in [5.41, 5.74) is 1.07. The van der Waals surface area contributed by atoms with Crippen molar-refractivity contribution in [2.75, 3.05) is 0 Å². The predicted molar refractivity (Wildman–Crippen MR) is 38.2 cm³/mol. The lowest BCUT2D eigenvalue weighted by atomic mass is 10.2. The SMILES string of the molecule is [CH](c1ccncn1)C1CC1. The van der Waals surface area contributed by atoms with Gasteiger partial charge in [-0.2, -0.15) is 0 Å². The topological polar surface area (TPSA) is 25.8 Å². The Bertz CT molecular complexity index is 204. The molecular weight excluding hydrogens is 124 g/mol. The summed E-state index contributed by atoms with van der Waals surface area (Å²) in [6.07, 6.45) is 8.26. The zero-order valence-electron chi connectivity index (χ0n) is 5.70. The molecule has 1 fully saturated rings. The minimum absolute atomic E-state index is 0.801. The smallest absolute Gasteiger partial charge is 0.115 e. The molecule has 0 unspecified atom stereocenters. The van der Waals surface area contributed by atoms with Crippen LogP contribution in [0, 0.1) is 12.3 Å². The van der Waals surface area contributed by atoms with E-state index in [1.165, 1.54) is 12.8 Å². The molecule has 10 heavy (non-hydrogen) atoms. The largest absolute Gasteiger partial charge is 0.245 e. The summed E-state index contributed by atoms with van der Waals surface area (Å²) < 4.78 is 0. The quantitative estimate of drug-likeness (QED) is 0.610. The van der Waals surface area contributed by atoms with Crippen LogP contribution in [-0.2, 0) is 0 Å². The fraction of sp³-hybridized carbons (Fsp3) is 0.375. The van der Waals surface area contributed by atoms with Crippen LogP contribution in [0.3, 0.4) is 0 Å². The van der Waals surface area contributed by atoms with Gasteiger partial charge in [0.05, 0.1) is 0 Å². The number of rotatable bonds is 2. The lowest BCUT2D eigenvalue weighted by molar-refractivity contribution is 0.974. The molecule has 2 nitrogen and oxygen atoms in total. The van der Waals surface area contributed by atoms with E-state index in [9.17, 15) is 0 Å². The standard InChI is InChI=1S/C8H9N2/c1-2-7(1)5-8-3-4-9-6-10-8/h3-7H,1-2H2. The fourth-order valence-electron chi connectivity index (χ4n) is 0.904. The number of nitrogens with zero attached hydrogens (tertiary/aromatic N) is 2. The number of hydrogen-bond donors (Lipinski definition) is 0. The van der Waals surface area contributed by atoms with Crippen LogP contribution in [0.2, 0.25) is 0 Å². The normalized spacial score (nSPS) is 17.2. The summed E-state index contributed by atoms with van der Waals surface area (Å²) in [7, 11) is 0. The van der Waals surface area contributed by atoms with Gasteiger partial charge in [0.2, 0.25) is 0 Å². The molecule has 2 rings (SSSR count). The van der Waals surface area contributed by atoms with Gasteiger partial charge in [0.1, 0.15) is 6.33 Å². The van der Waals surface area contributed by atoms with Crippen molar-refractivity contribution in [3.8, 4) is 0 Å². The molecule has 1 aromatic heterocycles. The molecule has 0 aromatic carbocycles. The average Bonchev–Trinajstić information content (AvgIpc) is 2.74. The maximum absolute atomic E-state index is 4.09.